The van der Waals surface area contributed by atoms with E-state index in [2.05, 4.69) is 32.5 Å². The van der Waals surface area contributed by atoms with Gasteiger partial charge in [-0.2, -0.15) is 0 Å². The number of likely N-dealkylation sites (tertiary alicyclic amines) is 2. The van der Waals surface area contributed by atoms with Crippen molar-refractivity contribution in [3.63, 3.8) is 0 Å². The number of fused-ring (bicyclic) bond motifs is 1. The Hall–Kier alpha value is -1.51. The first-order chi connectivity index (χ1) is 11.7. The number of nitrogens with zero attached hydrogens (tertiary/aromatic N) is 6. The number of hydrogen-bond donors (Lipinski definition) is 1. The molecule has 0 bridgehead atoms. The lowest BCUT2D eigenvalue weighted by Gasteiger charge is -2.26. The summed E-state index contributed by atoms with van der Waals surface area (Å²) in [6, 6.07) is 0.525. The van der Waals surface area contributed by atoms with Gasteiger partial charge in [-0.3, -0.25) is 14.4 Å². The minimum absolute atomic E-state index is 0.0335. The Labute approximate surface area is 142 Å². The summed E-state index contributed by atoms with van der Waals surface area (Å²) >= 11 is 0. The van der Waals surface area contributed by atoms with Crippen molar-refractivity contribution in [1.29, 1.82) is 0 Å². The number of hydrogen-bond acceptors (Lipinski definition) is 6. The van der Waals surface area contributed by atoms with Gasteiger partial charge >= 0.3 is 0 Å². The van der Waals surface area contributed by atoms with Crippen LogP contribution in [0.2, 0.25) is 0 Å². The monoisotopic (exact) mass is 333 g/mol. The summed E-state index contributed by atoms with van der Waals surface area (Å²) in [5, 5.41) is 11.6. The van der Waals surface area contributed by atoms with Gasteiger partial charge in [0.25, 0.3) is 5.91 Å². The van der Waals surface area contributed by atoms with Crippen LogP contribution in [0.25, 0.3) is 0 Å². The minimum atomic E-state index is 0.0335. The summed E-state index contributed by atoms with van der Waals surface area (Å²) in [6.07, 6.45) is 3.00. The highest BCUT2D eigenvalue weighted by Crippen LogP contribution is 2.30. The van der Waals surface area contributed by atoms with E-state index in [1.54, 1.807) is 4.68 Å². The highest BCUT2D eigenvalue weighted by Gasteiger charge is 2.41. The second-order valence-electron chi connectivity index (χ2n) is 7.27. The molecule has 2 atom stereocenters. The Morgan fingerprint density at radius 3 is 2.88 bits per heavy atom. The quantitative estimate of drug-likeness (QED) is 0.759. The van der Waals surface area contributed by atoms with Crippen molar-refractivity contribution in [2.75, 3.05) is 59.4 Å². The van der Waals surface area contributed by atoms with Gasteiger partial charge < -0.3 is 15.1 Å². The van der Waals surface area contributed by atoms with Crippen LogP contribution < -0.4 is 5.32 Å². The van der Waals surface area contributed by atoms with E-state index >= 15 is 0 Å². The van der Waals surface area contributed by atoms with Gasteiger partial charge in [0.2, 0.25) is 0 Å². The maximum absolute atomic E-state index is 12.7. The molecular formula is C16H27N7O. The fraction of sp³-hybridized carbons (Fsp3) is 0.812. The number of likely N-dealkylation sites (N-methyl/N-ethyl adjacent to an activating group) is 1. The third-order valence-electron chi connectivity index (χ3n) is 5.73. The van der Waals surface area contributed by atoms with Gasteiger partial charge in [-0.25, -0.2) is 0 Å². The zero-order valence-corrected chi connectivity index (χ0v) is 14.4. The molecule has 0 saturated carbocycles. The summed E-state index contributed by atoms with van der Waals surface area (Å²) < 4.78 is 1.80. The molecule has 3 aliphatic rings. The maximum atomic E-state index is 12.7. The van der Waals surface area contributed by atoms with Crippen LogP contribution in [0, 0.1) is 5.92 Å². The fourth-order valence-corrected chi connectivity index (χ4v) is 4.18. The van der Waals surface area contributed by atoms with E-state index in [1.807, 2.05) is 11.1 Å². The average Bonchev–Trinajstić information content (AvgIpc) is 3.31. The van der Waals surface area contributed by atoms with E-state index < -0.39 is 0 Å². The zero-order chi connectivity index (χ0) is 16.5. The van der Waals surface area contributed by atoms with Gasteiger partial charge in [-0.15, -0.1) is 5.10 Å². The molecule has 0 spiro atoms. The van der Waals surface area contributed by atoms with Gasteiger partial charge in [0.1, 0.15) is 0 Å². The summed E-state index contributed by atoms with van der Waals surface area (Å²) in [6.45, 7) is 8.83. The second-order valence-corrected chi connectivity index (χ2v) is 7.27. The standard InChI is InChI=1S/C16H27N7O/c1-20-5-2-13-10-22(12-15(13)20)16(24)14-11-23(19-18-14)9-8-21-6-3-17-4-7-21/h11,13,15,17H,2-10,12H2,1H3/t13-,15+/m1/s1. The van der Waals surface area contributed by atoms with E-state index in [-0.39, 0.29) is 5.91 Å². The lowest BCUT2D eigenvalue weighted by Crippen LogP contribution is -2.44. The number of carbonyl (C=O) groups is 1. The van der Waals surface area contributed by atoms with Crippen molar-refractivity contribution in [1.82, 2.24) is 35.0 Å². The van der Waals surface area contributed by atoms with Gasteiger partial charge in [-0.05, 0) is 25.9 Å². The molecule has 8 nitrogen and oxygen atoms in total. The summed E-state index contributed by atoms with van der Waals surface area (Å²) in [5.41, 5.74) is 0.484. The Morgan fingerprint density at radius 1 is 1.25 bits per heavy atom. The summed E-state index contributed by atoms with van der Waals surface area (Å²) in [7, 11) is 2.16. The van der Waals surface area contributed by atoms with Crippen LogP contribution in [0.15, 0.2) is 6.20 Å². The van der Waals surface area contributed by atoms with Crippen molar-refractivity contribution >= 4 is 5.91 Å². The molecule has 132 valence electrons. The highest BCUT2D eigenvalue weighted by molar-refractivity contribution is 5.92. The van der Waals surface area contributed by atoms with E-state index in [4.69, 9.17) is 0 Å². The molecule has 1 amide bonds. The Balaban J connectivity index is 1.32. The number of aromatic nitrogens is 3. The van der Waals surface area contributed by atoms with Crippen LogP contribution in [0.4, 0.5) is 0 Å². The number of rotatable bonds is 4. The molecule has 3 aliphatic heterocycles. The number of nitrogens with one attached hydrogen (secondary N) is 1. The molecule has 3 fully saturated rings. The minimum Gasteiger partial charge on any atom is -0.335 e. The smallest absolute Gasteiger partial charge is 0.276 e. The molecule has 4 rings (SSSR count). The predicted octanol–water partition coefficient (Wildman–Crippen LogP) is -1.04. The van der Waals surface area contributed by atoms with Crippen molar-refractivity contribution in [3.8, 4) is 0 Å². The topological polar surface area (TPSA) is 69.5 Å². The van der Waals surface area contributed by atoms with E-state index in [0.717, 1.165) is 58.9 Å². The van der Waals surface area contributed by atoms with Gasteiger partial charge in [0.15, 0.2) is 5.69 Å². The molecular weight excluding hydrogens is 306 g/mol. The summed E-state index contributed by atoms with van der Waals surface area (Å²) in [4.78, 5) is 19.4. The SMILES string of the molecule is CN1CC[C@@H]2CN(C(=O)c3cn(CCN4CCNCC4)nn3)C[C@@H]21. The van der Waals surface area contributed by atoms with E-state index in [0.29, 0.717) is 17.7 Å². The molecule has 0 radical (unpaired) electrons. The molecule has 0 aromatic carbocycles. The second kappa shape index (κ2) is 6.78. The lowest BCUT2D eigenvalue weighted by atomic mass is 10.1. The first kappa shape index (κ1) is 16.0. The van der Waals surface area contributed by atoms with Gasteiger partial charge in [-0.1, -0.05) is 5.21 Å². The Bertz CT molecular complexity index is 583. The molecule has 8 heteroatoms. The number of amides is 1. The molecule has 1 aromatic rings. The Kier molecular flexibility index (Phi) is 4.51. The maximum Gasteiger partial charge on any atom is 0.276 e. The third kappa shape index (κ3) is 3.18. The van der Waals surface area contributed by atoms with Crippen molar-refractivity contribution in [2.45, 2.75) is 19.0 Å². The van der Waals surface area contributed by atoms with Gasteiger partial charge in [0, 0.05) is 51.9 Å². The fourth-order valence-electron chi connectivity index (χ4n) is 4.18. The van der Waals surface area contributed by atoms with E-state index in [1.165, 1.54) is 6.42 Å². The first-order valence-corrected chi connectivity index (χ1v) is 9.03. The van der Waals surface area contributed by atoms with Gasteiger partial charge in [0.05, 0.1) is 12.7 Å². The largest absolute Gasteiger partial charge is 0.335 e. The number of piperazine rings is 1. The molecule has 0 aliphatic carbocycles. The van der Waals surface area contributed by atoms with Crippen molar-refractivity contribution in [2.24, 2.45) is 5.92 Å². The highest BCUT2D eigenvalue weighted by atomic mass is 16.2. The molecule has 24 heavy (non-hydrogen) atoms. The molecule has 3 saturated heterocycles. The number of carbonyl (C=O) groups excluding carboxylic acids is 1. The van der Waals surface area contributed by atoms with E-state index in [9.17, 15) is 4.79 Å². The van der Waals surface area contributed by atoms with Crippen LogP contribution in [0.5, 0.6) is 0 Å². The van der Waals surface area contributed by atoms with Crippen molar-refractivity contribution < 1.29 is 4.79 Å². The Morgan fingerprint density at radius 2 is 2.08 bits per heavy atom. The third-order valence-corrected chi connectivity index (χ3v) is 5.73. The van der Waals surface area contributed by atoms with Crippen LogP contribution in [-0.2, 0) is 6.54 Å². The zero-order valence-electron chi connectivity index (χ0n) is 14.4. The molecule has 1 N–H and O–H groups in total. The first-order valence-electron chi connectivity index (χ1n) is 9.03. The van der Waals surface area contributed by atoms with Crippen LogP contribution in [-0.4, -0.2) is 101 Å². The van der Waals surface area contributed by atoms with Crippen molar-refractivity contribution in [3.05, 3.63) is 11.9 Å². The van der Waals surface area contributed by atoms with Crippen LogP contribution in [0.1, 0.15) is 16.9 Å². The molecule has 1 aromatic heterocycles. The average molecular weight is 333 g/mol. The van der Waals surface area contributed by atoms with Crippen LogP contribution in [0.3, 0.4) is 0 Å². The lowest BCUT2D eigenvalue weighted by molar-refractivity contribution is 0.0768. The predicted molar refractivity (Wildman–Crippen MR) is 89.8 cm³/mol. The molecule has 0 unspecified atom stereocenters. The normalized spacial score (nSPS) is 28.5. The molecule has 4 heterocycles. The van der Waals surface area contributed by atoms with Crippen LogP contribution >= 0.6 is 0 Å². The summed E-state index contributed by atoms with van der Waals surface area (Å²) in [5.74, 6) is 0.660.